The maximum absolute atomic E-state index is 12.6. The minimum absolute atomic E-state index is 0.0828. The summed E-state index contributed by atoms with van der Waals surface area (Å²) in [4.78, 5) is 48.1. The van der Waals surface area contributed by atoms with Crippen molar-refractivity contribution in [3.05, 3.63) is 72.8 Å². The van der Waals surface area contributed by atoms with E-state index in [1.165, 1.54) is 24.3 Å². The molecule has 1 heterocycles. The van der Waals surface area contributed by atoms with Crippen molar-refractivity contribution in [2.24, 2.45) is 15.9 Å². The van der Waals surface area contributed by atoms with Crippen molar-refractivity contribution < 1.29 is 19.6 Å². The number of anilines is 2. The van der Waals surface area contributed by atoms with Gasteiger partial charge in [0.25, 0.3) is 17.3 Å². The number of nitro benzene ring substituents is 2. The normalized spacial score (nSPS) is 13.8. The van der Waals surface area contributed by atoms with Crippen molar-refractivity contribution >= 4 is 45.8 Å². The van der Waals surface area contributed by atoms with Gasteiger partial charge in [0.15, 0.2) is 0 Å². The van der Waals surface area contributed by atoms with Crippen molar-refractivity contribution in [2.45, 2.75) is 6.04 Å². The number of hydrogen-bond acceptors (Lipinski definition) is 11. The number of carbonyl (C=O) groups excluding carboxylic acids is 1. The average Bonchev–Trinajstić information content (AvgIpc) is 2.76. The van der Waals surface area contributed by atoms with Crippen LogP contribution >= 0.6 is 0 Å². The third-order valence-corrected chi connectivity index (χ3v) is 4.41. The minimum atomic E-state index is -1.85. The molecule has 0 spiro atoms. The largest absolute Gasteiger partial charge is 0.378 e. The zero-order valence-electron chi connectivity index (χ0n) is 16.0. The molecule has 15 nitrogen and oxygen atoms in total. The Labute approximate surface area is 178 Å². The quantitative estimate of drug-likeness (QED) is 0.245. The zero-order valence-corrected chi connectivity index (χ0v) is 16.0. The highest BCUT2D eigenvalue weighted by Gasteiger charge is 2.39. The molecule has 0 saturated heterocycles. The van der Waals surface area contributed by atoms with Gasteiger partial charge in [0, 0.05) is 34.9 Å². The fourth-order valence-corrected chi connectivity index (χ4v) is 2.91. The van der Waals surface area contributed by atoms with Crippen molar-refractivity contribution in [3.8, 4) is 0 Å². The van der Waals surface area contributed by atoms with Crippen LogP contribution in [0.5, 0.6) is 0 Å². The monoisotopic (exact) mass is 442 g/mol. The molecule has 1 amide bonds. The number of non-ortho nitro benzene ring substituents is 2. The molecule has 0 aromatic heterocycles. The maximum atomic E-state index is 12.6. The van der Waals surface area contributed by atoms with Gasteiger partial charge in [0.05, 0.1) is 27.8 Å². The fourth-order valence-electron chi connectivity index (χ4n) is 2.91. The van der Waals surface area contributed by atoms with Crippen molar-refractivity contribution in [3.63, 3.8) is 0 Å². The fraction of sp³-hybridized carbons (Fsp3) is 0.118. The highest BCUT2D eigenvalue weighted by Crippen LogP contribution is 2.32. The van der Waals surface area contributed by atoms with Crippen LogP contribution in [0.25, 0.3) is 0 Å². The standard InChI is InChI=1S/C17H14N8O7/c18-22-15(17(26)20-9-1-3-10(4-2-9)23(27)28)16(25(31)32)14-8-19-12-6-5-11(24(29)30)7-13(12)21-14/h1-7,16,19H,8,18H2,(H,20,26). The lowest BCUT2D eigenvalue weighted by Crippen LogP contribution is -2.47. The van der Waals surface area contributed by atoms with Crippen molar-refractivity contribution in [2.75, 3.05) is 17.2 Å². The molecule has 0 saturated carbocycles. The maximum Gasteiger partial charge on any atom is 0.301 e. The Morgan fingerprint density at radius 1 is 1.06 bits per heavy atom. The van der Waals surface area contributed by atoms with E-state index in [-0.39, 0.29) is 35.0 Å². The summed E-state index contributed by atoms with van der Waals surface area (Å²) in [5.41, 5.74) is -0.684. The number of fused-ring (bicyclic) bond motifs is 1. The van der Waals surface area contributed by atoms with Crippen LogP contribution in [0.2, 0.25) is 0 Å². The van der Waals surface area contributed by atoms with E-state index in [0.29, 0.717) is 5.69 Å². The van der Waals surface area contributed by atoms with Crippen LogP contribution in [0.1, 0.15) is 0 Å². The molecule has 2 aromatic rings. The first kappa shape index (κ1) is 21.8. The Kier molecular flexibility index (Phi) is 6.00. The number of amides is 1. The molecule has 0 bridgehead atoms. The van der Waals surface area contributed by atoms with E-state index in [9.17, 15) is 35.1 Å². The summed E-state index contributed by atoms with van der Waals surface area (Å²) in [7, 11) is 0. The molecule has 1 aliphatic heterocycles. The summed E-state index contributed by atoms with van der Waals surface area (Å²) in [6.07, 6.45) is 0. The van der Waals surface area contributed by atoms with Gasteiger partial charge in [-0.15, -0.1) is 0 Å². The van der Waals surface area contributed by atoms with E-state index >= 15 is 0 Å². The number of aliphatic imine (C=N–C) groups is 1. The lowest BCUT2D eigenvalue weighted by molar-refractivity contribution is -0.484. The van der Waals surface area contributed by atoms with Gasteiger partial charge in [-0.3, -0.25) is 35.1 Å². The van der Waals surface area contributed by atoms with E-state index in [1.54, 1.807) is 0 Å². The smallest absolute Gasteiger partial charge is 0.301 e. The van der Waals surface area contributed by atoms with Gasteiger partial charge in [-0.05, 0) is 18.2 Å². The zero-order chi connectivity index (χ0) is 23.4. The van der Waals surface area contributed by atoms with Crippen LogP contribution in [0.4, 0.5) is 28.4 Å². The Balaban J connectivity index is 1.90. The molecule has 2 aromatic carbocycles. The lowest BCUT2D eigenvalue weighted by atomic mass is 10.0. The Hall–Kier alpha value is -4.95. The molecule has 1 unspecified atom stereocenters. The van der Waals surface area contributed by atoms with Crippen LogP contribution in [0.15, 0.2) is 52.6 Å². The number of nitrogens with two attached hydrogens (primary N) is 1. The van der Waals surface area contributed by atoms with Gasteiger partial charge in [-0.25, -0.2) is 4.99 Å². The summed E-state index contributed by atoms with van der Waals surface area (Å²) >= 11 is 0. The van der Waals surface area contributed by atoms with Gasteiger partial charge in [0.1, 0.15) is 5.71 Å². The summed E-state index contributed by atoms with van der Waals surface area (Å²) in [6, 6.07) is 6.70. The number of hydrazone groups is 1. The predicted molar refractivity (Wildman–Crippen MR) is 113 cm³/mol. The first-order chi connectivity index (χ1) is 15.2. The SMILES string of the molecule is NN=C(C(=O)Nc1ccc([N+](=O)[O-])cc1)C(C1=Nc2cc([N+](=O)[O-])ccc2NC1)[N+](=O)[O-]. The van der Waals surface area contributed by atoms with E-state index in [0.717, 1.165) is 18.2 Å². The summed E-state index contributed by atoms with van der Waals surface area (Å²) in [5, 5.41) is 41.9. The van der Waals surface area contributed by atoms with E-state index in [1.807, 2.05) is 0 Å². The predicted octanol–water partition coefficient (Wildman–Crippen LogP) is 1.60. The van der Waals surface area contributed by atoms with Gasteiger partial charge >= 0.3 is 6.04 Å². The second kappa shape index (κ2) is 8.82. The van der Waals surface area contributed by atoms with Gasteiger partial charge in [-0.1, -0.05) is 0 Å². The van der Waals surface area contributed by atoms with Crippen LogP contribution in [0, 0.1) is 30.3 Å². The number of carbonyl (C=O) groups is 1. The summed E-state index contributed by atoms with van der Waals surface area (Å²) in [6.45, 7) is -0.139. The van der Waals surface area contributed by atoms with E-state index in [2.05, 4.69) is 20.7 Å². The second-order valence-electron chi connectivity index (χ2n) is 6.38. The Morgan fingerprint density at radius 2 is 1.69 bits per heavy atom. The highest BCUT2D eigenvalue weighted by atomic mass is 16.6. The molecule has 15 heteroatoms. The lowest BCUT2D eigenvalue weighted by Gasteiger charge is -2.20. The summed E-state index contributed by atoms with van der Waals surface area (Å²) < 4.78 is 0. The molecule has 1 aliphatic rings. The van der Waals surface area contributed by atoms with Gasteiger partial charge in [-0.2, -0.15) is 5.10 Å². The molecule has 0 aliphatic carbocycles. The number of nitrogens with zero attached hydrogens (tertiary/aromatic N) is 5. The van der Waals surface area contributed by atoms with Crippen LogP contribution < -0.4 is 16.5 Å². The molecular formula is C17H14N8O7. The molecule has 0 fully saturated rings. The van der Waals surface area contributed by atoms with Crippen LogP contribution in [-0.4, -0.2) is 44.7 Å². The first-order valence-corrected chi connectivity index (χ1v) is 8.78. The topological polar surface area (TPSA) is 221 Å². The number of nitro groups is 3. The molecule has 0 radical (unpaired) electrons. The number of nitrogens with one attached hydrogen (secondary N) is 2. The van der Waals surface area contributed by atoms with Crippen molar-refractivity contribution in [1.82, 2.24) is 0 Å². The second-order valence-corrected chi connectivity index (χ2v) is 6.38. The van der Waals surface area contributed by atoms with Gasteiger partial charge in [0.2, 0.25) is 5.71 Å². The number of hydrogen-bond donors (Lipinski definition) is 3. The molecule has 3 rings (SSSR count). The first-order valence-electron chi connectivity index (χ1n) is 8.78. The highest BCUT2D eigenvalue weighted by molar-refractivity contribution is 6.48. The number of rotatable bonds is 7. The molecule has 4 N–H and O–H groups in total. The molecular weight excluding hydrogens is 428 g/mol. The Bertz CT molecular complexity index is 1180. The summed E-state index contributed by atoms with van der Waals surface area (Å²) in [5.74, 6) is 4.25. The van der Waals surface area contributed by atoms with E-state index in [4.69, 9.17) is 5.84 Å². The van der Waals surface area contributed by atoms with Crippen molar-refractivity contribution in [1.29, 1.82) is 0 Å². The molecule has 32 heavy (non-hydrogen) atoms. The molecule has 1 atom stereocenters. The molecule has 164 valence electrons. The average molecular weight is 442 g/mol. The Morgan fingerprint density at radius 3 is 2.25 bits per heavy atom. The number of benzene rings is 2. The van der Waals surface area contributed by atoms with Crippen LogP contribution in [0.3, 0.4) is 0 Å². The van der Waals surface area contributed by atoms with Gasteiger partial charge < -0.3 is 16.5 Å². The third-order valence-electron chi connectivity index (χ3n) is 4.41. The van der Waals surface area contributed by atoms with E-state index < -0.39 is 32.4 Å². The third kappa shape index (κ3) is 4.45. The minimum Gasteiger partial charge on any atom is -0.378 e. The van der Waals surface area contributed by atoms with Crippen LogP contribution in [-0.2, 0) is 4.79 Å².